The van der Waals surface area contributed by atoms with E-state index in [4.69, 9.17) is 0 Å². The first kappa shape index (κ1) is 29.8. The summed E-state index contributed by atoms with van der Waals surface area (Å²) in [6.07, 6.45) is 1.46. The van der Waals surface area contributed by atoms with Crippen molar-refractivity contribution in [3.8, 4) is 0 Å². The first-order chi connectivity index (χ1) is 18.6. The predicted octanol–water partition coefficient (Wildman–Crippen LogP) is 4.92. The Morgan fingerprint density at radius 3 is 2.10 bits per heavy atom. The van der Waals surface area contributed by atoms with Crippen molar-refractivity contribution in [2.24, 2.45) is 0 Å². The number of amides is 2. The number of anilines is 1. The van der Waals surface area contributed by atoms with Crippen molar-refractivity contribution in [1.29, 1.82) is 0 Å². The molecule has 3 aromatic carbocycles. The van der Waals surface area contributed by atoms with Gasteiger partial charge >= 0.3 is 0 Å². The Bertz CT molecular complexity index is 1360. The van der Waals surface area contributed by atoms with Crippen molar-refractivity contribution in [1.82, 2.24) is 10.2 Å². The molecule has 1 N–H and O–H groups in total. The monoisotopic (exact) mass is 553 g/mol. The number of sulfonamides is 1. The third-order valence-corrected chi connectivity index (χ3v) is 8.50. The Hall–Kier alpha value is -3.72. The standard InChI is InChI=1S/C30H36FN3O4S/c1-5-22(3)32-30(36)23(4)33(20-25-12-10-11-15-28(25)31)29(35)21-34(26-18-16-24(6-2)17-19-26)39(37,38)27-13-8-7-9-14-27/h7-19,22-23H,5-6,20-21H2,1-4H3,(H,32,36)/t22-,23+/m0/s1. The third kappa shape index (κ3) is 7.44. The number of nitrogens with one attached hydrogen (secondary N) is 1. The molecule has 7 nitrogen and oxygen atoms in total. The third-order valence-electron chi connectivity index (χ3n) is 6.71. The van der Waals surface area contributed by atoms with Crippen molar-refractivity contribution < 1.29 is 22.4 Å². The van der Waals surface area contributed by atoms with Crippen molar-refractivity contribution >= 4 is 27.5 Å². The number of rotatable bonds is 12. The minimum atomic E-state index is -4.14. The van der Waals surface area contributed by atoms with Gasteiger partial charge in [0.15, 0.2) is 0 Å². The average Bonchev–Trinajstić information content (AvgIpc) is 2.95. The van der Waals surface area contributed by atoms with E-state index in [0.29, 0.717) is 12.1 Å². The molecule has 39 heavy (non-hydrogen) atoms. The van der Waals surface area contributed by atoms with Gasteiger partial charge in [-0.3, -0.25) is 13.9 Å². The number of carbonyl (C=O) groups is 2. The molecule has 0 aromatic heterocycles. The lowest BCUT2D eigenvalue weighted by Crippen LogP contribution is -2.52. The van der Waals surface area contributed by atoms with E-state index >= 15 is 0 Å². The molecule has 0 heterocycles. The van der Waals surface area contributed by atoms with Crippen LogP contribution in [0.3, 0.4) is 0 Å². The summed E-state index contributed by atoms with van der Waals surface area (Å²) in [5.41, 5.74) is 1.55. The van der Waals surface area contributed by atoms with Gasteiger partial charge in [-0.05, 0) is 62.6 Å². The maximum atomic E-state index is 14.6. The molecule has 0 spiro atoms. The second kappa shape index (κ2) is 13.4. The molecule has 0 unspecified atom stereocenters. The van der Waals surface area contributed by atoms with Gasteiger partial charge in [0.1, 0.15) is 18.4 Å². The maximum absolute atomic E-state index is 14.6. The Kier molecular flexibility index (Phi) is 10.2. The van der Waals surface area contributed by atoms with Gasteiger partial charge in [-0.1, -0.05) is 62.4 Å². The molecule has 208 valence electrons. The summed E-state index contributed by atoms with van der Waals surface area (Å²) < 4.78 is 43.2. The number of halogens is 1. The van der Waals surface area contributed by atoms with Crippen LogP contribution >= 0.6 is 0 Å². The topological polar surface area (TPSA) is 86.8 Å². The molecule has 9 heteroatoms. The highest BCUT2D eigenvalue weighted by Crippen LogP contribution is 2.25. The zero-order valence-electron chi connectivity index (χ0n) is 22.8. The van der Waals surface area contributed by atoms with Crippen LogP contribution in [0.15, 0.2) is 83.8 Å². The second-order valence-corrected chi connectivity index (χ2v) is 11.3. The Balaban J connectivity index is 2.02. The largest absolute Gasteiger partial charge is 0.352 e. The number of carbonyl (C=O) groups excluding carboxylic acids is 2. The average molecular weight is 554 g/mol. The van der Waals surface area contributed by atoms with Crippen LogP contribution in [0, 0.1) is 5.82 Å². The molecule has 2 amide bonds. The molecule has 2 atom stereocenters. The Labute approximate surface area is 230 Å². The first-order valence-corrected chi connectivity index (χ1v) is 14.5. The van der Waals surface area contributed by atoms with Gasteiger partial charge in [-0.25, -0.2) is 12.8 Å². The van der Waals surface area contributed by atoms with Gasteiger partial charge in [0.05, 0.1) is 10.6 Å². The van der Waals surface area contributed by atoms with Crippen LogP contribution in [0.5, 0.6) is 0 Å². The lowest BCUT2D eigenvalue weighted by molar-refractivity contribution is -0.139. The molecule has 0 saturated carbocycles. The van der Waals surface area contributed by atoms with Gasteiger partial charge < -0.3 is 10.2 Å². The van der Waals surface area contributed by atoms with E-state index in [9.17, 15) is 22.4 Å². The molecule has 0 aliphatic rings. The smallest absolute Gasteiger partial charge is 0.264 e. The fourth-order valence-electron chi connectivity index (χ4n) is 4.00. The lowest BCUT2D eigenvalue weighted by Gasteiger charge is -2.32. The highest BCUT2D eigenvalue weighted by Gasteiger charge is 2.33. The molecule has 0 aliphatic heterocycles. The molecular formula is C30H36FN3O4S. The van der Waals surface area contributed by atoms with E-state index in [1.165, 1.54) is 35.2 Å². The van der Waals surface area contributed by atoms with Crippen molar-refractivity contribution in [2.45, 2.75) is 64.1 Å². The predicted molar refractivity (Wildman–Crippen MR) is 151 cm³/mol. The summed E-state index contributed by atoms with van der Waals surface area (Å²) in [6, 6.07) is 19.7. The molecule has 3 rings (SSSR count). The van der Waals surface area contributed by atoms with Crippen LogP contribution in [0.25, 0.3) is 0 Å². The van der Waals surface area contributed by atoms with E-state index in [1.54, 1.807) is 43.3 Å². The molecule has 0 fully saturated rings. The second-order valence-electron chi connectivity index (χ2n) is 9.45. The van der Waals surface area contributed by atoms with Gasteiger partial charge in [0.25, 0.3) is 10.0 Å². The lowest BCUT2D eigenvalue weighted by atomic mass is 10.1. The fraction of sp³-hybridized carbons (Fsp3) is 0.333. The zero-order chi connectivity index (χ0) is 28.6. The highest BCUT2D eigenvalue weighted by molar-refractivity contribution is 7.92. The molecular weight excluding hydrogens is 517 g/mol. The summed E-state index contributed by atoms with van der Waals surface area (Å²) in [4.78, 5) is 28.2. The SMILES string of the molecule is CCc1ccc(N(CC(=O)N(Cc2ccccc2F)[C@H](C)C(=O)N[C@@H](C)CC)S(=O)(=O)c2ccccc2)cc1. The van der Waals surface area contributed by atoms with Crippen LogP contribution in [-0.2, 0) is 32.6 Å². The van der Waals surface area contributed by atoms with Crippen LogP contribution < -0.4 is 9.62 Å². The van der Waals surface area contributed by atoms with Crippen LogP contribution in [0.2, 0.25) is 0 Å². The summed E-state index contributed by atoms with van der Waals surface area (Å²) in [5.74, 6) is -1.56. The number of benzene rings is 3. The summed E-state index contributed by atoms with van der Waals surface area (Å²) in [5, 5.41) is 2.86. The maximum Gasteiger partial charge on any atom is 0.264 e. The van der Waals surface area contributed by atoms with E-state index in [0.717, 1.165) is 16.3 Å². The first-order valence-electron chi connectivity index (χ1n) is 13.1. The Morgan fingerprint density at radius 1 is 0.897 bits per heavy atom. The van der Waals surface area contributed by atoms with Gasteiger partial charge in [0.2, 0.25) is 11.8 Å². The highest BCUT2D eigenvalue weighted by atomic mass is 32.2. The van der Waals surface area contributed by atoms with Crippen LogP contribution in [0.4, 0.5) is 10.1 Å². The molecule has 0 aliphatic carbocycles. The molecule has 0 radical (unpaired) electrons. The number of hydrogen-bond donors (Lipinski definition) is 1. The summed E-state index contributed by atoms with van der Waals surface area (Å²) >= 11 is 0. The quantitative estimate of drug-likeness (QED) is 0.345. The Morgan fingerprint density at radius 2 is 1.51 bits per heavy atom. The number of aryl methyl sites for hydroxylation is 1. The van der Waals surface area contributed by atoms with E-state index < -0.39 is 40.2 Å². The van der Waals surface area contributed by atoms with Crippen molar-refractivity contribution in [3.05, 3.63) is 95.8 Å². The van der Waals surface area contributed by atoms with E-state index in [-0.39, 0.29) is 23.0 Å². The molecule has 0 bridgehead atoms. The number of nitrogens with zero attached hydrogens (tertiary/aromatic N) is 2. The van der Waals surface area contributed by atoms with Gasteiger partial charge in [0, 0.05) is 18.2 Å². The molecule has 3 aromatic rings. The van der Waals surface area contributed by atoms with Crippen molar-refractivity contribution in [3.63, 3.8) is 0 Å². The summed E-state index contributed by atoms with van der Waals surface area (Å²) in [6.45, 7) is 6.55. The fourth-order valence-corrected chi connectivity index (χ4v) is 5.44. The van der Waals surface area contributed by atoms with Crippen LogP contribution in [0.1, 0.15) is 45.2 Å². The number of hydrogen-bond acceptors (Lipinski definition) is 4. The van der Waals surface area contributed by atoms with E-state index in [1.807, 2.05) is 32.9 Å². The minimum Gasteiger partial charge on any atom is -0.352 e. The van der Waals surface area contributed by atoms with Gasteiger partial charge in [-0.15, -0.1) is 0 Å². The molecule has 0 saturated heterocycles. The van der Waals surface area contributed by atoms with Crippen molar-refractivity contribution in [2.75, 3.05) is 10.8 Å². The summed E-state index contributed by atoms with van der Waals surface area (Å²) in [7, 11) is -4.14. The van der Waals surface area contributed by atoms with Crippen LogP contribution in [-0.4, -0.2) is 43.8 Å². The zero-order valence-corrected chi connectivity index (χ0v) is 23.6. The normalized spacial score (nSPS) is 12.8. The minimum absolute atomic E-state index is 0.0283. The van der Waals surface area contributed by atoms with Gasteiger partial charge in [-0.2, -0.15) is 0 Å². The van der Waals surface area contributed by atoms with E-state index in [2.05, 4.69) is 5.32 Å².